The Morgan fingerprint density at radius 1 is 1.18 bits per heavy atom. The SMILES string of the molecule is N#Cc1cnc(S[C@H]2O[C@H](CO)[C@H](O)[C@H](n3cc(-c4cc(F)c(F)c(F)c4)nn3)[C@H]2O)cc1Cl. The molecule has 0 bridgehead atoms. The first-order valence-electron chi connectivity index (χ1n) is 9.65. The molecule has 3 aromatic rings. The highest BCUT2D eigenvalue weighted by Gasteiger charge is 2.46. The number of nitriles is 1. The lowest BCUT2D eigenvalue weighted by Crippen LogP contribution is -2.55. The van der Waals surface area contributed by atoms with E-state index >= 15 is 0 Å². The predicted octanol–water partition coefficient (Wildman–Crippen LogP) is 2.05. The molecule has 9 nitrogen and oxygen atoms in total. The van der Waals surface area contributed by atoms with Crippen LogP contribution in [0.1, 0.15) is 11.6 Å². The minimum atomic E-state index is -1.63. The summed E-state index contributed by atoms with van der Waals surface area (Å²) >= 11 is 6.95. The Bertz CT molecular complexity index is 1240. The van der Waals surface area contributed by atoms with Gasteiger partial charge in [-0.15, -0.1) is 5.10 Å². The van der Waals surface area contributed by atoms with Crippen molar-refractivity contribution < 1.29 is 33.2 Å². The molecule has 3 N–H and O–H groups in total. The lowest BCUT2D eigenvalue weighted by molar-refractivity contribution is -0.178. The molecular formula is C20H15ClF3N5O4S. The van der Waals surface area contributed by atoms with Gasteiger partial charge in [-0.1, -0.05) is 28.6 Å². The third kappa shape index (κ3) is 4.61. The van der Waals surface area contributed by atoms with Crippen LogP contribution in [0.3, 0.4) is 0 Å². The van der Waals surface area contributed by atoms with Gasteiger partial charge in [-0.3, -0.25) is 0 Å². The van der Waals surface area contributed by atoms with Gasteiger partial charge in [-0.25, -0.2) is 22.8 Å². The number of hydrogen-bond acceptors (Lipinski definition) is 9. The first-order chi connectivity index (χ1) is 16.2. The number of aromatic nitrogens is 4. The molecule has 4 rings (SSSR count). The summed E-state index contributed by atoms with van der Waals surface area (Å²) in [6, 6.07) is 3.56. The number of aliphatic hydroxyl groups is 3. The van der Waals surface area contributed by atoms with Crippen LogP contribution in [0, 0.1) is 28.8 Å². The lowest BCUT2D eigenvalue weighted by Gasteiger charge is -2.41. The van der Waals surface area contributed by atoms with Crippen molar-refractivity contribution in [2.75, 3.05) is 6.61 Å². The van der Waals surface area contributed by atoms with Crippen molar-refractivity contribution in [1.29, 1.82) is 5.26 Å². The molecule has 1 fully saturated rings. The fraction of sp³-hybridized carbons (Fsp3) is 0.300. The highest BCUT2D eigenvalue weighted by molar-refractivity contribution is 7.99. The van der Waals surface area contributed by atoms with E-state index in [1.807, 2.05) is 6.07 Å². The second-order valence-corrected chi connectivity index (χ2v) is 8.79. The number of nitrogens with zero attached hydrogens (tertiary/aromatic N) is 5. The Hall–Kier alpha value is -2.73. The number of hydrogen-bond donors (Lipinski definition) is 3. The topological polar surface area (TPSA) is 137 Å². The van der Waals surface area contributed by atoms with Crippen molar-refractivity contribution in [3.63, 3.8) is 0 Å². The van der Waals surface area contributed by atoms with Crippen LogP contribution < -0.4 is 0 Å². The van der Waals surface area contributed by atoms with E-state index < -0.39 is 53.8 Å². The molecule has 0 spiro atoms. The zero-order valence-electron chi connectivity index (χ0n) is 16.9. The van der Waals surface area contributed by atoms with Gasteiger partial charge in [0.25, 0.3) is 0 Å². The fourth-order valence-corrected chi connectivity index (χ4v) is 4.71. The van der Waals surface area contributed by atoms with E-state index in [2.05, 4.69) is 15.3 Å². The molecule has 34 heavy (non-hydrogen) atoms. The van der Waals surface area contributed by atoms with E-state index in [0.717, 1.165) is 28.6 Å². The van der Waals surface area contributed by atoms with Gasteiger partial charge in [0.2, 0.25) is 0 Å². The molecule has 0 amide bonds. The second kappa shape index (κ2) is 9.87. The molecule has 0 radical (unpaired) electrons. The quantitative estimate of drug-likeness (QED) is 0.438. The number of rotatable bonds is 5. The highest BCUT2D eigenvalue weighted by Crippen LogP contribution is 2.38. The summed E-state index contributed by atoms with van der Waals surface area (Å²) in [5.74, 6) is -4.46. The smallest absolute Gasteiger partial charge is 0.194 e. The highest BCUT2D eigenvalue weighted by atomic mass is 35.5. The molecular weight excluding hydrogens is 499 g/mol. The van der Waals surface area contributed by atoms with Crippen LogP contribution in [0.5, 0.6) is 0 Å². The van der Waals surface area contributed by atoms with Crippen molar-refractivity contribution in [2.24, 2.45) is 0 Å². The number of ether oxygens (including phenoxy) is 1. The molecule has 178 valence electrons. The molecule has 14 heteroatoms. The Morgan fingerprint density at radius 2 is 1.88 bits per heavy atom. The van der Waals surface area contributed by atoms with Gasteiger partial charge in [-0.2, -0.15) is 5.26 Å². The third-order valence-electron chi connectivity index (χ3n) is 5.13. The minimum absolute atomic E-state index is 0.0472. The maximum Gasteiger partial charge on any atom is 0.194 e. The number of halogens is 4. The average molecular weight is 514 g/mol. The molecule has 1 aromatic carbocycles. The zero-order valence-corrected chi connectivity index (χ0v) is 18.5. The molecule has 0 unspecified atom stereocenters. The number of pyridine rings is 1. The van der Waals surface area contributed by atoms with E-state index in [9.17, 15) is 28.5 Å². The Kier molecular flexibility index (Phi) is 7.08. The Balaban J connectivity index is 1.63. The summed E-state index contributed by atoms with van der Waals surface area (Å²) < 4.78 is 47.2. The summed E-state index contributed by atoms with van der Waals surface area (Å²) in [6.45, 7) is -0.598. The monoisotopic (exact) mass is 513 g/mol. The van der Waals surface area contributed by atoms with Gasteiger partial charge in [-0.05, 0) is 18.2 Å². The largest absolute Gasteiger partial charge is 0.394 e. The van der Waals surface area contributed by atoms with Crippen LogP contribution in [-0.4, -0.2) is 65.7 Å². The van der Waals surface area contributed by atoms with Gasteiger partial charge >= 0.3 is 0 Å². The van der Waals surface area contributed by atoms with Crippen LogP contribution in [0.15, 0.2) is 35.6 Å². The van der Waals surface area contributed by atoms with E-state index in [0.29, 0.717) is 5.03 Å². The molecule has 1 saturated heterocycles. The van der Waals surface area contributed by atoms with Crippen LogP contribution in [0.25, 0.3) is 11.3 Å². The third-order valence-corrected chi connectivity index (χ3v) is 6.53. The molecule has 1 aliphatic heterocycles. The average Bonchev–Trinajstić information content (AvgIpc) is 3.29. The lowest BCUT2D eigenvalue weighted by atomic mass is 9.97. The van der Waals surface area contributed by atoms with Crippen molar-refractivity contribution in [2.45, 2.75) is 34.8 Å². The molecule has 5 atom stereocenters. The van der Waals surface area contributed by atoms with Gasteiger partial charge < -0.3 is 20.1 Å². The zero-order chi connectivity index (χ0) is 24.6. The first kappa shape index (κ1) is 24.4. The van der Waals surface area contributed by atoms with E-state index in [4.69, 9.17) is 21.6 Å². The van der Waals surface area contributed by atoms with E-state index in [1.165, 1.54) is 18.5 Å². The molecule has 2 aromatic heterocycles. The predicted molar refractivity (Wildman–Crippen MR) is 112 cm³/mol. The number of benzene rings is 1. The van der Waals surface area contributed by atoms with Crippen molar-refractivity contribution in [3.05, 3.63) is 58.6 Å². The van der Waals surface area contributed by atoms with E-state index in [1.54, 1.807) is 0 Å². The van der Waals surface area contributed by atoms with Crippen LogP contribution >= 0.6 is 23.4 Å². The first-order valence-corrected chi connectivity index (χ1v) is 10.9. The maximum absolute atomic E-state index is 13.6. The minimum Gasteiger partial charge on any atom is -0.394 e. The summed E-state index contributed by atoms with van der Waals surface area (Å²) in [7, 11) is 0. The Labute approximate surface area is 199 Å². The van der Waals surface area contributed by atoms with Gasteiger partial charge in [0.1, 0.15) is 46.6 Å². The summed E-state index contributed by atoms with van der Waals surface area (Å²) in [4.78, 5) is 4.08. The van der Waals surface area contributed by atoms with Crippen molar-refractivity contribution >= 4 is 23.4 Å². The second-order valence-electron chi connectivity index (χ2n) is 7.27. The van der Waals surface area contributed by atoms with Crippen molar-refractivity contribution in [1.82, 2.24) is 20.0 Å². The summed E-state index contributed by atoms with van der Waals surface area (Å²) in [5, 5.41) is 48.3. The maximum atomic E-state index is 13.6. The number of thioether (sulfide) groups is 1. The Morgan fingerprint density at radius 3 is 2.50 bits per heavy atom. The van der Waals surface area contributed by atoms with Crippen molar-refractivity contribution in [3.8, 4) is 17.3 Å². The normalized spacial score (nSPS) is 24.7. The van der Waals surface area contributed by atoms with Gasteiger partial charge in [0.05, 0.1) is 23.4 Å². The van der Waals surface area contributed by atoms with Crippen LogP contribution in [0.2, 0.25) is 5.02 Å². The molecule has 3 heterocycles. The molecule has 1 aliphatic rings. The van der Waals surface area contributed by atoms with E-state index in [-0.39, 0.29) is 21.8 Å². The van der Waals surface area contributed by atoms with Crippen LogP contribution in [-0.2, 0) is 4.74 Å². The summed E-state index contributed by atoms with van der Waals surface area (Å²) in [6.07, 6.45) is -1.53. The van der Waals surface area contributed by atoms with Gasteiger partial charge in [0, 0.05) is 11.8 Å². The van der Waals surface area contributed by atoms with Crippen LogP contribution in [0.4, 0.5) is 13.2 Å². The number of aliphatic hydroxyl groups excluding tert-OH is 3. The fourth-order valence-electron chi connectivity index (χ4n) is 3.41. The van der Waals surface area contributed by atoms with Gasteiger partial charge in [0.15, 0.2) is 17.5 Å². The standard InChI is InChI=1S/C20H15ClF3N5O4S/c21-10-3-15(26-5-9(10)4-25)34-20-19(32)17(18(31)14(7-30)33-20)29-6-13(27-28-29)8-1-11(22)16(24)12(23)2-8/h1-3,5-6,14,17-20,30-32H,7H2/t14-,17+,18+,19-,20-/m1/s1. The summed E-state index contributed by atoms with van der Waals surface area (Å²) in [5.41, 5.74) is -1.06. The molecule has 0 saturated carbocycles. The molecule has 0 aliphatic carbocycles.